The minimum atomic E-state index is -2.93. The third kappa shape index (κ3) is 3.29. The smallest absolute Gasteiger partial charge is 0.331 e. The molecule has 1 amide bonds. The van der Waals surface area contributed by atoms with Crippen LogP contribution in [0.15, 0.2) is 0 Å². The second-order valence-electron chi connectivity index (χ2n) is 6.83. The Kier molecular flexibility index (Phi) is 4.57. The Hall–Kier alpha value is -1.11. The molecule has 2 fully saturated rings. The zero-order valence-electron chi connectivity index (χ0n) is 13.5. The first-order valence-electron chi connectivity index (χ1n) is 7.79. The average Bonchev–Trinajstić information content (AvgIpc) is 3.17. The molecule has 2 aliphatic rings. The van der Waals surface area contributed by atoms with Gasteiger partial charge in [0.05, 0.1) is 18.6 Å². The van der Waals surface area contributed by atoms with Gasteiger partial charge in [-0.2, -0.15) is 0 Å². The first-order chi connectivity index (χ1) is 10.2. The van der Waals surface area contributed by atoms with E-state index in [1.54, 1.807) is 6.92 Å². The van der Waals surface area contributed by atoms with Crippen molar-refractivity contribution in [2.24, 2.45) is 11.3 Å². The molecule has 1 aliphatic carbocycles. The zero-order valence-corrected chi connectivity index (χ0v) is 14.3. The monoisotopic (exact) mass is 331 g/mol. The SMILES string of the molecule is CCC[C@@](C)(NC(=O)[C@H]1CC12CCS(=O)(=O)CC2)C(=O)OC. The van der Waals surface area contributed by atoms with E-state index in [1.165, 1.54) is 7.11 Å². The van der Waals surface area contributed by atoms with Crippen LogP contribution in [0, 0.1) is 11.3 Å². The standard InChI is InChI=1S/C15H25NO5S/c1-4-5-14(2,13(18)21-3)16-12(17)11-10-15(11)6-8-22(19,20)9-7-15/h11H,4-10H2,1-3H3,(H,16,17)/t11-,14-/m1/s1. The number of sulfone groups is 1. The van der Waals surface area contributed by atoms with E-state index in [9.17, 15) is 18.0 Å². The van der Waals surface area contributed by atoms with Crippen molar-refractivity contribution in [2.45, 2.75) is 51.5 Å². The van der Waals surface area contributed by atoms with E-state index in [2.05, 4.69) is 5.32 Å². The molecular weight excluding hydrogens is 306 g/mol. The van der Waals surface area contributed by atoms with Crippen LogP contribution in [0.25, 0.3) is 0 Å². The predicted molar refractivity (Wildman–Crippen MR) is 81.9 cm³/mol. The van der Waals surface area contributed by atoms with E-state index in [0.717, 1.165) is 12.8 Å². The Morgan fingerprint density at radius 2 is 1.91 bits per heavy atom. The van der Waals surface area contributed by atoms with E-state index in [-0.39, 0.29) is 28.7 Å². The van der Waals surface area contributed by atoms with Gasteiger partial charge in [0.25, 0.3) is 0 Å². The molecule has 0 aromatic heterocycles. The molecule has 1 saturated heterocycles. The number of carbonyl (C=O) groups excluding carboxylic acids is 2. The molecule has 7 heteroatoms. The predicted octanol–water partition coefficient (Wildman–Crippen LogP) is 1.05. The Bertz CT molecular complexity index is 556. The lowest BCUT2D eigenvalue weighted by molar-refractivity contribution is -0.150. The molecule has 0 aromatic carbocycles. The van der Waals surface area contributed by atoms with Crippen molar-refractivity contribution < 1.29 is 22.7 Å². The Morgan fingerprint density at radius 1 is 1.32 bits per heavy atom. The van der Waals surface area contributed by atoms with Crippen molar-refractivity contribution in [1.82, 2.24) is 5.32 Å². The molecule has 0 bridgehead atoms. The molecule has 1 spiro atoms. The fourth-order valence-corrected chi connectivity index (χ4v) is 5.15. The van der Waals surface area contributed by atoms with Crippen molar-refractivity contribution in [2.75, 3.05) is 18.6 Å². The van der Waals surface area contributed by atoms with Crippen molar-refractivity contribution in [1.29, 1.82) is 0 Å². The third-order valence-electron chi connectivity index (χ3n) is 5.11. The molecule has 0 aromatic rings. The topological polar surface area (TPSA) is 89.5 Å². The van der Waals surface area contributed by atoms with Gasteiger partial charge in [0.15, 0.2) is 0 Å². The highest BCUT2D eigenvalue weighted by molar-refractivity contribution is 7.91. The Balaban J connectivity index is 2.00. The Labute approximate surface area is 131 Å². The molecule has 1 N–H and O–H groups in total. The number of carbonyl (C=O) groups is 2. The van der Waals surface area contributed by atoms with Gasteiger partial charge in [0.2, 0.25) is 5.91 Å². The minimum Gasteiger partial charge on any atom is -0.467 e. The summed E-state index contributed by atoms with van der Waals surface area (Å²) in [5, 5.41) is 2.84. The highest BCUT2D eigenvalue weighted by Gasteiger charge is 2.60. The molecule has 2 atom stereocenters. The molecule has 22 heavy (non-hydrogen) atoms. The quantitative estimate of drug-likeness (QED) is 0.761. The largest absolute Gasteiger partial charge is 0.467 e. The van der Waals surface area contributed by atoms with Gasteiger partial charge in [-0.3, -0.25) is 4.79 Å². The fourth-order valence-electron chi connectivity index (χ4n) is 3.52. The van der Waals surface area contributed by atoms with Gasteiger partial charge in [-0.1, -0.05) is 13.3 Å². The van der Waals surface area contributed by atoms with Crippen molar-refractivity contribution >= 4 is 21.7 Å². The minimum absolute atomic E-state index is 0.152. The van der Waals surface area contributed by atoms with Crippen molar-refractivity contribution in [3.63, 3.8) is 0 Å². The van der Waals surface area contributed by atoms with Crippen molar-refractivity contribution in [3.05, 3.63) is 0 Å². The van der Waals surface area contributed by atoms with E-state index >= 15 is 0 Å². The van der Waals surface area contributed by atoms with Crippen LogP contribution in [0.4, 0.5) is 0 Å². The molecule has 126 valence electrons. The summed E-state index contributed by atoms with van der Waals surface area (Å²) >= 11 is 0. The summed E-state index contributed by atoms with van der Waals surface area (Å²) in [4.78, 5) is 24.4. The van der Waals surface area contributed by atoms with Crippen LogP contribution in [0.1, 0.15) is 46.0 Å². The molecule has 0 unspecified atom stereocenters. The van der Waals surface area contributed by atoms with E-state index < -0.39 is 21.3 Å². The van der Waals surface area contributed by atoms with Crippen LogP contribution in [-0.2, 0) is 24.2 Å². The summed E-state index contributed by atoms with van der Waals surface area (Å²) < 4.78 is 27.8. The maximum Gasteiger partial charge on any atom is 0.331 e. The van der Waals surface area contributed by atoms with Gasteiger partial charge in [0, 0.05) is 5.92 Å². The lowest BCUT2D eigenvalue weighted by Crippen LogP contribution is -2.53. The fraction of sp³-hybridized carbons (Fsp3) is 0.867. The van der Waals surface area contributed by atoms with E-state index in [0.29, 0.717) is 19.3 Å². The summed E-state index contributed by atoms with van der Waals surface area (Å²) in [7, 11) is -1.62. The second kappa shape index (κ2) is 5.83. The molecule has 0 radical (unpaired) electrons. The summed E-state index contributed by atoms with van der Waals surface area (Å²) in [5.74, 6) is -0.437. The average molecular weight is 331 g/mol. The first kappa shape index (κ1) is 17.2. The number of rotatable bonds is 5. The summed E-state index contributed by atoms with van der Waals surface area (Å²) in [5.41, 5.74) is -1.18. The number of esters is 1. The summed E-state index contributed by atoms with van der Waals surface area (Å²) in [6.45, 7) is 3.62. The molecule has 2 rings (SSSR count). The van der Waals surface area contributed by atoms with Crippen LogP contribution < -0.4 is 5.32 Å². The highest BCUT2D eigenvalue weighted by atomic mass is 32.2. The number of ether oxygens (including phenoxy) is 1. The normalized spacial score (nSPS) is 27.7. The van der Waals surface area contributed by atoms with Crippen LogP contribution in [0.5, 0.6) is 0 Å². The van der Waals surface area contributed by atoms with Gasteiger partial charge in [-0.05, 0) is 38.0 Å². The second-order valence-corrected chi connectivity index (χ2v) is 9.14. The van der Waals surface area contributed by atoms with Gasteiger partial charge < -0.3 is 10.1 Å². The van der Waals surface area contributed by atoms with Gasteiger partial charge in [-0.15, -0.1) is 0 Å². The van der Waals surface area contributed by atoms with Gasteiger partial charge in [-0.25, -0.2) is 13.2 Å². The maximum absolute atomic E-state index is 12.5. The van der Waals surface area contributed by atoms with Crippen LogP contribution in [0.2, 0.25) is 0 Å². The molecule has 6 nitrogen and oxygen atoms in total. The lowest BCUT2D eigenvalue weighted by Gasteiger charge is -2.29. The van der Waals surface area contributed by atoms with Crippen molar-refractivity contribution in [3.8, 4) is 0 Å². The molecule has 1 aliphatic heterocycles. The number of hydrogen-bond acceptors (Lipinski definition) is 5. The van der Waals surface area contributed by atoms with Crippen LogP contribution in [-0.4, -0.2) is 44.4 Å². The number of methoxy groups -OCH3 is 1. The molecule has 1 heterocycles. The highest BCUT2D eigenvalue weighted by Crippen LogP contribution is 2.59. The number of amides is 1. The number of hydrogen-bond donors (Lipinski definition) is 1. The first-order valence-corrected chi connectivity index (χ1v) is 9.61. The third-order valence-corrected chi connectivity index (χ3v) is 6.77. The summed E-state index contributed by atoms with van der Waals surface area (Å²) in [6, 6.07) is 0. The Morgan fingerprint density at radius 3 is 2.41 bits per heavy atom. The molecular formula is C15H25NO5S. The lowest BCUT2D eigenvalue weighted by atomic mass is 9.93. The van der Waals surface area contributed by atoms with Crippen LogP contribution >= 0.6 is 0 Å². The molecule has 1 saturated carbocycles. The van der Waals surface area contributed by atoms with E-state index in [1.807, 2.05) is 6.92 Å². The zero-order chi connectivity index (χ0) is 16.6. The number of nitrogens with one attached hydrogen (secondary N) is 1. The van der Waals surface area contributed by atoms with Gasteiger partial charge >= 0.3 is 5.97 Å². The van der Waals surface area contributed by atoms with E-state index in [4.69, 9.17) is 4.74 Å². The summed E-state index contributed by atoms with van der Waals surface area (Å²) in [6.07, 6.45) is 3.09. The van der Waals surface area contributed by atoms with Gasteiger partial charge in [0.1, 0.15) is 15.4 Å². The maximum atomic E-state index is 12.5. The van der Waals surface area contributed by atoms with Crippen LogP contribution in [0.3, 0.4) is 0 Å².